The molecule has 32 heavy (non-hydrogen) atoms. The zero-order chi connectivity index (χ0) is 23.0. The van der Waals surface area contributed by atoms with E-state index in [4.69, 9.17) is 26.3 Å². The summed E-state index contributed by atoms with van der Waals surface area (Å²) in [6.07, 6.45) is 0. The van der Waals surface area contributed by atoms with E-state index in [2.05, 4.69) is 4.98 Å². The van der Waals surface area contributed by atoms with Crippen LogP contribution in [0.2, 0.25) is 5.02 Å². The fourth-order valence-electron chi connectivity index (χ4n) is 3.64. The second-order valence-electron chi connectivity index (χ2n) is 7.08. The number of hydrogen-bond donors (Lipinski definition) is 0. The van der Waals surface area contributed by atoms with Gasteiger partial charge in [-0.15, -0.1) is 0 Å². The van der Waals surface area contributed by atoms with Gasteiger partial charge in [-0.25, -0.2) is 13.8 Å². The minimum atomic E-state index is -0.936. The minimum absolute atomic E-state index is 0.0438. The summed E-state index contributed by atoms with van der Waals surface area (Å²) in [7, 11) is 3.06. The van der Waals surface area contributed by atoms with E-state index in [0.717, 1.165) is 17.7 Å². The van der Waals surface area contributed by atoms with Crippen LogP contribution in [0.15, 0.2) is 36.4 Å². The monoisotopic (exact) mass is 455 g/mol. The molecule has 1 aromatic heterocycles. The predicted octanol–water partition coefficient (Wildman–Crippen LogP) is 4.73. The summed E-state index contributed by atoms with van der Waals surface area (Å²) in [6.45, 7) is 0.323. The number of carbonyl (C=O) groups excluding carboxylic acids is 1. The van der Waals surface area contributed by atoms with Crippen LogP contribution < -0.4 is 9.47 Å². The lowest BCUT2D eigenvalue weighted by atomic mass is 10.1. The van der Waals surface area contributed by atoms with Gasteiger partial charge in [0.05, 0.1) is 66.5 Å². The molecule has 0 bridgehead atoms. The molecule has 0 saturated carbocycles. The van der Waals surface area contributed by atoms with Crippen molar-refractivity contribution in [2.45, 2.75) is 13.1 Å². The van der Waals surface area contributed by atoms with Crippen molar-refractivity contribution in [3.63, 3.8) is 0 Å². The highest BCUT2D eigenvalue weighted by molar-refractivity contribution is 6.34. The van der Waals surface area contributed by atoms with Crippen molar-refractivity contribution in [1.82, 2.24) is 9.88 Å². The number of aromatic nitrogens is 1. The van der Waals surface area contributed by atoms with Crippen molar-refractivity contribution in [3.8, 4) is 28.8 Å². The summed E-state index contributed by atoms with van der Waals surface area (Å²) in [6, 6.07) is 10.1. The molecule has 0 spiro atoms. The molecule has 4 rings (SSSR count). The second-order valence-corrected chi connectivity index (χ2v) is 7.48. The molecule has 6 nitrogen and oxygen atoms in total. The van der Waals surface area contributed by atoms with E-state index in [0.29, 0.717) is 17.2 Å². The van der Waals surface area contributed by atoms with E-state index in [1.807, 2.05) is 0 Å². The Labute approximate surface area is 187 Å². The third-order valence-corrected chi connectivity index (χ3v) is 5.47. The van der Waals surface area contributed by atoms with E-state index in [-0.39, 0.29) is 40.8 Å². The Morgan fingerprint density at radius 3 is 2.47 bits per heavy atom. The molecule has 0 unspecified atom stereocenters. The van der Waals surface area contributed by atoms with Crippen molar-refractivity contribution in [2.24, 2.45) is 0 Å². The van der Waals surface area contributed by atoms with Crippen LogP contribution in [0.3, 0.4) is 0 Å². The van der Waals surface area contributed by atoms with E-state index >= 15 is 0 Å². The first-order chi connectivity index (χ1) is 15.4. The molecule has 0 radical (unpaired) electrons. The SMILES string of the molecule is COc1ccc(CN2Cc3nc(-c4c(F)cc(C#N)cc4F)cc(Cl)c3C2=O)c(OC)c1. The second kappa shape index (κ2) is 8.44. The maximum atomic E-state index is 14.5. The number of nitrogens with zero attached hydrogens (tertiary/aromatic N) is 3. The summed E-state index contributed by atoms with van der Waals surface area (Å²) in [5, 5.41) is 8.93. The average molecular weight is 456 g/mol. The van der Waals surface area contributed by atoms with Gasteiger partial charge in [-0.2, -0.15) is 5.26 Å². The number of benzene rings is 2. The molecule has 162 valence electrons. The van der Waals surface area contributed by atoms with Gasteiger partial charge in [0, 0.05) is 11.6 Å². The van der Waals surface area contributed by atoms with Crippen LogP contribution in [0.5, 0.6) is 11.5 Å². The zero-order valence-corrected chi connectivity index (χ0v) is 17.8. The summed E-state index contributed by atoms with van der Waals surface area (Å²) in [5.74, 6) is -1.05. The smallest absolute Gasteiger partial charge is 0.257 e. The Balaban J connectivity index is 1.68. The topological polar surface area (TPSA) is 75.5 Å². The summed E-state index contributed by atoms with van der Waals surface area (Å²) >= 11 is 6.32. The average Bonchev–Trinajstić information content (AvgIpc) is 3.08. The van der Waals surface area contributed by atoms with E-state index in [9.17, 15) is 13.6 Å². The normalized spacial score (nSPS) is 12.5. The number of pyridine rings is 1. The van der Waals surface area contributed by atoms with Crippen molar-refractivity contribution in [1.29, 1.82) is 5.26 Å². The van der Waals surface area contributed by atoms with E-state index < -0.39 is 17.2 Å². The van der Waals surface area contributed by atoms with Gasteiger partial charge in [0.1, 0.15) is 23.1 Å². The Kier molecular flexibility index (Phi) is 5.68. The molecule has 0 atom stereocenters. The van der Waals surface area contributed by atoms with Gasteiger partial charge in [-0.3, -0.25) is 4.79 Å². The van der Waals surface area contributed by atoms with Gasteiger partial charge < -0.3 is 14.4 Å². The maximum Gasteiger partial charge on any atom is 0.257 e. The van der Waals surface area contributed by atoms with E-state index in [1.54, 1.807) is 31.4 Å². The predicted molar refractivity (Wildman–Crippen MR) is 112 cm³/mol. The Bertz CT molecular complexity index is 1270. The van der Waals surface area contributed by atoms with Crippen LogP contribution in [0.1, 0.15) is 27.2 Å². The largest absolute Gasteiger partial charge is 0.497 e. The van der Waals surface area contributed by atoms with E-state index in [1.165, 1.54) is 18.1 Å². The van der Waals surface area contributed by atoms with Crippen LogP contribution in [0.25, 0.3) is 11.3 Å². The minimum Gasteiger partial charge on any atom is -0.497 e. The van der Waals surface area contributed by atoms with Crippen LogP contribution in [-0.4, -0.2) is 30.0 Å². The zero-order valence-electron chi connectivity index (χ0n) is 17.1. The Hall–Kier alpha value is -3.70. The van der Waals surface area contributed by atoms with Crippen molar-refractivity contribution in [3.05, 3.63) is 75.4 Å². The number of carbonyl (C=O) groups is 1. The van der Waals surface area contributed by atoms with Gasteiger partial charge >= 0.3 is 0 Å². The summed E-state index contributed by atoms with van der Waals surface area (Å²) < 4.78 is 39.5. The molecular weight excluding hydrogens is 440 g/mol. The highest BCUT2D eigenvalue weighted by atomic mass is 35.5. The Morgan fingerprint density at radius 2 is 1.84 bits per heavy atom. The lowest BCUT2D eigenvalue weighted by Crippen LogP contribution is -2.23. The first kappa shape index (κ1) is 21.5. The number of halogens is 3. The molecule has 2 aromatic carbocycles. The molecule has 1 amide bonds. The number of methoxy groups -OCH3 is 2. The first-order valence-corrected chi connectivity index (χ1v) is 9.83. The standard InChI is InChI=1S/C23H16ClF2N3O3/c1-31-14-4-3-13(20(7-14)32-2)10-29-11-19-21(23(29)30)15(24)8-18(28-19)22-16(25)5-12(9-27)6-17(22)26/h3-8H,10-11H2,1-2H3. The summed E-state index contributed by atoms with van der Waals surface area (Å²) in [5.41, 5.74) is 0.646. The van der Waals surface area contributed by atoms with Crippen molar-refractivity contribution in [2.75, 3.05) is 14.2 Å². The quantitative estimate of drug-likeness (QED) is 0.556. The van der Waals surface area contributed by atoms with Gasteiger partial charge in [-0.1, -0.05) is 11.6 Å². The summed E-state index contributed by atoms with van der Waals surface area (Å²) in [4.78, 5) is 18.8. The number of fused-ring (bicyclic) bond motifs is 1. The molecule has 3 aromatic rings. The molecule has 2 heterocycles. The maximum absolute atomic E-state index is 14.5. The van der Waals surface area contributed by atoms with Crippen molar-refractivity contribution >= 4 is 17.5 Å². The number of amides is 1. The third-order valence-electron chi connectivity index (χ3n) is 5.17. The Morgan fingerprint density at radius 1 is 1.12 bits per heavy atom. The highest BCUT2D eigenvalue weighted by Gasteiger charge is 2.33. The third kappa shape index (κ3) is 3.72. The van der Waals surface area contributed by atoms with Crippen LogP contribution in [0.4, 0.5) is 8.78 Å². The fraction of sp³-hybridized carbons (Fsp3) is 0.174. The molecular formula is C23H16ClF2N3O3. The number of nitriles is 1. The van der Waals surface area contributed by atoms with Gasteiger partial charge in [0.15, 0.2) is 0 Å². The first-order valence-electron chi connectivity index (χ1n) is 9.45. The molecule has 0 aliphatic carbocycles. The molecule has 1 aliphatic rings. The molecule has 0 saturated heterocycles. The fourth-order valence-corrected chi connectivity index (χ4v) is 3.93. The van der Waals surface area contributed by atoms with Crippen LogP contribution in [0, 0.1) is 23.0 Å². The number of ether oxygens (including phenoxy) is 2. The lowest BCUT2D eigenvalue weighted by molar-refractivity contribution is 0.0765. The number of hydrogen-bond acceptors (Lipinski definition) is 5. The van der Waals surface area contributed by atoms with Crippen LogP contribution in [-0.2, 0) is 13.1 Å². The van der Waals surface area contributed by atoms with Gasteiger partial charge in [0.2, 0.25) is 0 Å². The van der Waals surface area contributed by atoms with Crippen LogP contribution >= 0.6 is 11.6 Å². The molecule has 0 N–H and O–H groups in total. The lowest BCUT2D eigenvalue weighted by Gasteiger charge is -2.18. The van der Waals surface area contributed by atoms with Gasteiger partial charge in [-0.05, 0) is 30.3 Å². The van der Waals surface area contributed by atoms with Gasteiger partial charge in [0.25, 0.3) is 5.91 Å². The molecule has 9 heteroatoms. The molecule has 1 aliphatic heterocycles. The number of rotatable bonds is 5. The molecule has 0 fully saturated rings. The highest BCUT2D eigenvalue weighted by Crippen LogP contribution is 2.35. The van der Waals surface area contributed by atoms with Crippen molar-refractivity contribution < 1.29 is 23.0 Å².